The first-order valence-electron chi connectivity index (χ1n) is 5.05. The van der Waals surface area contributed by atoms with E-state index in [-0.39, 0.29) is 24.0 Å². The molecule has 92 valence electrons. The fraction of sp³-hybridized carbons (Fsp3) is 0.667. The van der Waals surface area contributed by atoms with Gasteiger partial charge in [-0.2, -0.15) is 5.10 Å². The summed E-state index contributed by atoms with van der Waals surface area (Å²) in [6, 6.07) is 0. The molecule has 2 N–H and O–H groups in total. The number of aliphatic imine (C=N–C) groups is 1. The van der Waals surface area contributed by atoms with Gasteiger partial charge in [0.2, 0.25) is 0 Å². The number of nitrogens with one attached hydrogen (secondary N) is 2. The first kappa shape index (κ1) is 15.1. The van der Waals surface area contributed by atoms with E-state index in [1.54, 1.807) is 18.1 Å². The van der Waals surface area contributed by atoms with Gasteiger partial charge >= 0.3 is 0 Å². The lowest BCUT2D eigenvalue weighted by Crippen LogP contribution is -2.37. The average Bonchev–Trinajstić information content (AvgIpc) is 2.65. The van der Waals surface area contributed by atoms with E-state index in [1.807, 2.05) is 7.05 Å². The minimum atomic E-state index is 0. The Labute approximate surface area is 113 Å². The molecule has 0 aliphatic heterocycles. The lowest BCUT2D eigenvalue weighted by Gasteiger charge is -2.10. The van der Waals surface area contributed by atoms with Crippen molar-refractivity contribution in [1.29, 1.82) is 0 Å². The van der Waals surface area contributed by atoms with Crippen molar-refractivity contribution < 1.29 is 0 Å². The Morgan fingerprint density at radius 2 is 2.25 bits per heavy atom. The van der Waals surface area contributed by atoms with Gasteiger partial charge in [-0.1, -0.05) is 6.92 Å². The summed E-state index contributed by atoms with van der Waals surface area (Å²) in [6.07, 6.45) is 2.61. The Bertz CT molecular complexity index is 322. The lowest BCUT2D eigenvalue weighted by molar-refractivity contribution is 0.671. The summed E-state index contributed by atoms with van der Waals surface area (Å²) in [5.74, 6) is 1.68. The highest BCUT2D eigenvalue weighted by Crippen LogP contribution is 1.88. The van der Waals surface area contributed by atoms with Gasteiger partial charge in [0, 0.05) is 20.6 Å². The molecule has 0 atom stereocenters. The smallest absolute Gasteiger partial charge is 0.191 e. The molecule has 7 heteroatoms. The lowest BCUT2D eigenvalue weighted by atomic mass is 10.5. The van der Waals surface area contributed by atoms with Gasteiger partial charge < -0.3 is 10.6 Å². The largest absolute Gasteiger partial charge is 0.356 e. The van der Waals surface area contributed by atoms with Crippen molar-refractivity contribution in [1.82, 2.24) is 25.4 Å². The predicted octanol–water partition coefficient (Wildman–Crippen LogP) is 0.508. The van der Waals surface area contributed by atoms with Crippen LogP contribution in [-0.2, 0) is 13.6 Å². The third-order valence-electron chi connectivity index (χ3n) is 1.99. The van der Waals surface area contributed by atoms with Gasteiger partial charge in [-0.05, 0) is 6.42 Å². The highest BCUT2D eigenvalue weighted by molar-refractivity contribution is 14.0. The van der Waals surface area contributed by atoms with Crippen molar-refractivity contribution in [3.63, 3.8) is 0 Å². The van der Waals surface area contributed by atoms with Gasteiger partial charge in [-0.25, -0.2) is 4.98 Å². The molecule has 0 saturated carbocycles. The van der Waals surface area contributed by atoms with Crippen molar-refractivity contribution in [2.24, 2.45) is 12.0 Å². The van der Waals surface area contributed by atoms with Gasteiger partial charge in [0.25, 0.3) is 0 Å². The molecule has 6 nitrogen and oxygen atoms in total. The van der Waals surface area contributed by atoms with Crippen molar-refractivity contribution in [3.05, 3.63) is 12.2 Å². The van der Waals surface area contributed by atoms with Crippen LogP contribution in [0.4, 0.5) is 0 Å². The summed E-state index contributed by atoms with van der Waals surface area (Å²) in [7, 11) is 3.62. The number of aromatic nitrogens is 3. The molecule has 0 bridgehead atoms. The monoisotopic (exact) mass is 338 g/mol. The highest BCUT2D eigenvalue weighted by Gasteiger charge is 2.01. The minimum Gasteiger partial charge on any atom is -0.356 e. The molecule has 0 unspecified atom stereocenters. The second kappa shape index (κ2) is 8.31. The van der Waals surface area contributed by atoms with Crippen molar-refractivity contribution in [2.45, 2.75) is 19.9 Å². The van der Waals surface area contributed by atoms with E-state index in [2.05, 4.69) is 32.6 Å². The number of hydrogen-bond acceptors (Lipinski definition) is 3. The molecule has 0 aliphatic carbocycles. The molecule has 0 fully saturated rings. The van der Waals surface area contributed by atoms with E-state index in [0.717, 1.165) is 24.7 Å². The number of guanidine groups is 1. The third-order valence-corrected chi connectivity index (χ3v) is 1.99. The zero-order valence-electron chi connectivity index (χ0n) is 9.90. The quantitative estimate of drug-likeness (QED) is 0.477. The second-order valence-electron chi connectivity index (χ2n) is 3.15. The highest BCUT2D eigenvalue weighted by atomic mass is 127. The van der Waals surface area contributed by atoms with Crippen LogP contribution in [0, 0.1) is 0 Å². The number of aryl methyl sites for hydroxylation is 1. The normalized spacial score (nSPS) is 10.8. The van der Waals surface area contributed by atoms with Crippen LogP contribution in [0.2, 0.25) is 0 Å². The maximum Gasteiger partial charge on any atom is 0.191 e. The molecule has 0 spiro atoms. The molecule has 0 saturated heterocycles. The Morgan fingerprint density at radius 1 is 1.50 bits per heavy atom. The van der Waals surface area contributed by atoms with Crippen LogP contribution in [0.5, 0.6) is 0 Å². The summed E-state index contributed by atoms with van der Waals surface area (Å²) in [5.41, 5.74) is 0. The summed E-state index contributed by atoms with van der Waals surface area (Å²) in [5, 5.41) is 10.3. The molecule has 16 heavy (non-hydrogen) atoms. The van der Waals surface area contributed by atoms with Crippen LogP contribution >= 0.6 is 24.0 Å². The first-order valence-corrected chi connectivity index (χ1v) is 5.05. The van der Waals surface area contributed by atoms with Gasteiger partial charge in [-0.15, -0.1) is 24.0 Å². The van der Waals surface area contributed by atoms with E-state index in [9.17, 15) is 0 Å². The number of nitrogens with zero attached hydrogens (tertiary/aromatic N) is 4. The zero-order chi connectivity index (χ0) is 11.1. The molecule has 0 radical (unpaired) electrons. The van der Waals surface area contributed by atoms with Gasteiger partial charge in [0.15, 0.2) is 5.96 Å². The maximum atomic E-state index is 4.11. The SMILES string of the molecule is CCCNC(=NC)NCc1ncnn1C.I. The molecule has 0 amide bonds. The van der Waals surface area contributed by atoms with Crippen molar-refractivity contribution in [2.75, 3.05) is 13.6 Å². The topological polar surface area (TPSA) is 67.1 Å². The summed E-state index contributed by atoms with van der Waals surface area (Å²) in [4.78, 5) is 8.20. The van der Waals surface area contributed by atoms with Crippen molar-refractivity contribution in [3.8, 4) is 0 Å². The first-order chi connectivity index (χ1) is 7.27. The summed E-state index contributed by atoms with van der Waals surface area (Å²) < 4.78 is 1.74. The predicted molar refractivity (Wildman–Crippen MR) is 74.9 cm³/mol. The van der Waals surface area contributed by atoms with Crippen LogP contribution < -0.4 is 10.6 Å². The van der Waals surface area contributed by atoms with Crippen LogP contribution in [0.15, 0.2) is 11.3 Å². The number of rotatable bonds is 4. The maximum absolute atomic E-state index is 4.11. The molecule has 1 aromatic heterocycles. The van der Waals surface area contributed by atoms with Gasteiger partial charge in [-0.3, -0.25) is 9.67 Å². The zero-order valence-corrected chi connectivity index (χ0v) is 12.2. The van der Waals surface area contributed by atoms with E-state index in [4.69, 9.17) is 0 Å². The fourth-order valence-electron chi connectivity index (χ4n) is 1.11. The molecular weight excluding hydrogens is 319 g/mol. The molecule has 1 aromatic rings. The average molecular weight is 338 g/mol. The van der Waals surface area contributed by atoms with Crippen LogP contribution in [0.25, 0.3) is 0 Å². The Morgan fingerprint density at radius 3 is 2.75 bits per heavy atom. The van der Waals surface area contributed by atoms with Crippen LogP contribution in [0.3, 0.4) is 0 Å². The van der Waals surface area contributed by atoms with E-state index >= 15 is 0 Å². The van der Waals surface area contributed by atoms with E-state index < -0.39 is 0 Å². The summed E-state index contributed by atoms with van der Waals surface area (Å²) >= 11 is 0. The standard InChI is InChI=1S/C9H18N6.HI/c1-4-5-11-9(10-2)12-6-8-13-7-14-15(8)3;/h7H,4-6H2,1-3H3,(H2,10,11,12);1H. The fourth-order valence-corrected chi connectivity index (χ4v) is 1.11. The molecule has 1 heterocycles. The van der Waals surface area contributed by atoms with Crippen molar-refractivity contribution >= 4 is 29.9 Å². The van der Waals surface area contributed by atoms with Gasteiger partial charge in [0.05, 0.1) is 6.54 Å². The Hall–Kier alpha value is -0.860. The van der Waals surface area contributed by atoms with Crippen LogP contribution in [0.1, 0.15) is 19.2 Å². The van der Waals surface area contributed by atoms with E-state index in [1.165, 1.54) is 0 Å². The Kier molecular flexibility index (Phi) is 7.86. The van der Waals surface area contributed by atoms with Crippen LogP contribution in [-0.4, -0.2) is 34.3 Å². The number of halogens is 1. The molecule has 0 aromatic carbocycles. The van der Waals surface area contributed by atoms with Gasteiger partial charge in [0.1, 0.15) is 12.2 Å². The minimum absolute atomic E-state index is 0. The molecule has 0 aliphatic rings. The number of hydrogen-bond donors (Lipinski definition) is 2. The molecule has 1 rings (SSSR count). The second-order valence-corrected chi connectivity index (χ2v) is 3.15. The third kappa shape index (κ3) is 4.77. The van der Waals surface area contributed by atoms with E-state index in [0.29, 0.717) is 6.54 Å². The molecular formula is C9H19IN6. The summed E-state index contributed by atoms with van der Waals surface area (Å²) in [6.45, 7) is 3.65. The Balaban J connectivity index is 0.00000225.